The standard InChI is InChI=1S/C30H32ClN2O4PS/c1-36-38(35,37-2)21-22-13-19-26(20-14-22)32-28(34)12-8-4-7-11-27-29(23-15-17-25(31)18-16-23)33-30(39-27)24-9-5-3-6-10-24/h3,5-6,9-10,13-20H,4,7-8,11-12,21H2,1-2H3,(H,32,34). The van der Waals surface area contributed by atoms with Crippen LogP contribution in [0.1, 0.15) is 36.1 Å². The molecule has 39 heavy (non-hydrogen) atoms. The summed E-state index contributed by atoms with van der Waals surface area (Å²) in [5.74, 6) is -0.0202. The summed E-state index contributed by atoms with van der Waals surface area (Å²) < 4.78 is 22.3. The average molecular weight is 583 g/mol. The molecule has 1 N–H and O–H groups in total. The number of hydrogen-bond acceptors (Lipinski definition) is 6. The Bertz CT molecular complexity index is 1400. The number of aromatic nitrogens is 1. The lowest BCUT2D eigenvalue weighted by Crippen LogP contribution is -2.11. The summed E-state index contributed by atoms with van der Waals surface area (Å²) in [4.78, 5) is 18.7. The highest BCUT2D eigenvalue weighted by Crippen LogP contribution is 2.49. The number of rotatable bonds is 13. The molecule has 0 aliphatic heterocycles. The predicted molar refractivity (Wildman–Crippen MR) is 161 cm³/mol. The first-order chi connectivity index (χ1) is 18.9. The third-order valence-electron chi connectivity index (χ3n) is 6.31. The fourth-order valence-corrected chi connectivity index (χ4v) is 6.47. The molecular formula is C30H32ClN2O4PS. The van der Waals surface area contributed by atoms with Crippen LogP contribution in [0.2, 0.25) is 5.02 Å². The predicted octanol–water partition coefficient (Wildman–Crippen LogP) is 8.86. The number of thiazole rings is 1. The zero-order valence-corrected chi connectivity index (χ0v) is 24.5. The second-order valence-electron chi connectivity index (χ2n) is 9.10. The normalized spacial score (nSPS) is 11.5. The molecule has 0 aliphatic rings. The number of amides is 1. The van der Waals surface area contributed by atoms with Crippen LogP contribution in [0.4, 0.5) is 5.69 Å². The highest BCUT2D eigenvalue weighted by Gasteiger charge is 2.21. The molecule has 4 aromatic rings. The minimum absolute atomic E-state index is 0.0202. The van der Waals surface area contributed by atoms with E-state index in [-0.39, 0.29) is 12.1 Å². The fourth-order valence-electron chi connectivity index (χ4n) is 4.15. The summed E-state index contributed by atoms with van der Waals surface area (Å²) in [6, 6.07) is 25.3. The van der Waals surface area contributed by atoms with Gasteiger partial charge in [-0.05, 0) is 49.1 Å². The molecule has 204 valence electrons. The van der Waals surface area contributed by atoms with E-state index in [0.29, 0.717) is 17.1 Å². The quantitative estimate of drug-likeness (QED) is 0.126. The Labute approximate surface area is 238 Å². The van der Waals surface area contributed by atoms with E-state index in [1.807, 2.05) is 54.6 Å². The van der Waals surface area contributed by atoms with Gasteiger partial charge >= 0.3 is 7.60 Å². The van der Waals surface area contributed by atoms with Gasteiger partial charge in [-0.3, -0.25) is 9.36 Å². The van der Waals surface area contributed by atoms with Crippen molar-refractivity contribution in [1.82, 2.24) is 4.98 Å². The van der Waals surface area contributed by atoms with E-state index in [2.05, 4.69) is 17.4 Å². The lowest BCUT2D eigenvalue weighted by molar-refractivity contribution is -0.116. The lowest BCUT2D eigenvalue weighted by Gasteiger charge is -2.13. The Hall–Kier alpha value is -2.80. The van der Waals surface area contributed by atoms with Gasteiger partial charge in [0.05, 0.1) is 11.9 Å². The van der Waals surface area contributed by atoms with Gasteiger partial charge in [-0.1, -0.05) is 72.6 Å². The maximum Gasteiger partial charge on any atom is 0.334 e. The summed E-state index contributed by atoms with van der Waals surface area (Å²) in [5, 5.41) is 4.65. The van der Waals surface area contributed by atoms with Crippen LogP contribution in [0.3, 0.4) is 0 Å². The third-order valence-corrected chi connectivity index (χ3v) is 9.59. The van der Waals surface area contributed by atoms with Gasteiger partial charge in [-0.2, -0.15) is 0 Å². The van der Waals surface area contributed by atoms with Gasteiger partial charge < -0.3 is 14.4 Å². The Balaban J connectivity index is 1.28. The van der Waals surface area contributed by atoms with Crippen molar-refractivity contribution >= 4 is 42.1 Å². The van der Waals surface area contributed by atoms with Crippen molar-refractivity contribution in [2.24, 2.45) is 0 Å². The molecule has 0 unspecified atom stereocenters. The van der Waals surface area contributed by atoms with E-state index in [1.54, 1.807) is 23.5 Å². The van der Waals surface area contributed by atoms with Crippen molar-refractivity contribution < 1.29 is 18.4 Å². The van der Waals surface area contributed by atoms with Gasteiger partial charge in [0.2, 0.25) is 5.91 Å². The van der Waals surface area contributed by atoms with E-state index in [9.17, 15) is 9.36 Å². The smallest absolute Gasteiger partial charge is 0.326 e. The van der Waals surface area contributed by atoms with Crippen molar-refractivity contribution in [2.45, 2.75) is 38.3 Å². The molecule has 0 atom stereocenters. The van der Waals surface area contributed by atoms with Crippen LogP contribution in [-0.2, 0) is 31.0 Å². The molecule has 3 aromatic carbocycles. The molecule has 1 aromatic heterocycles. The van der Waals surface area contributed by atoms with Crippen LogP contribution in [-0.4, -0.2) is 25.1 Å². The summed E-state index contributed by atoms with van der Waals surface area (Å²) >= 11 is 7.83. The topological polar surface area (TPSA) is 77.5 Å². The van der Waals surface area contributed by atoms with Crippen molar-refractivity contribution in [1.29, 1.82) is 0 Å². The molecule has 1 amide bonds. The second kappa shape index (κ2) is 14.0. The van der Waals surface area contributed by atoms with E-state index < -0.39 is 7.60 Å². The number of nitrogens with one attached hydrogen (secondary N) is 1. The summed E-state index contributed by atoms with van der Waals surface area (Å²) in [6.07, 6.45) is 4.24. The highest BCUT2D eigenvalue weighted by molar-refractivity contribution is 7.52. The van der Waals surface area contributed by atoms with Gasteiger partial charge in [0.1, 0.15) is 5.01 Å². The maximum atomic E-state index is 12.5. The molecule has 9 heteroatoms. The molecule has 4 rings (SSSR count). The largest absolute Gasteiger partial charge is 0.334 e. The van der Waals surface area contributed by atoms with E-state index in [0.717, 1.165) is 53.1 Å². The average Bonchev–Trinajstić information content (AvgIpc) is 3.39. The molecular weight excluding hydrogens is 551 g/mol. The number of halogens is 1. The van der Waals surface area contributed by atoms with Crippen LogP contribution in [0, 0.1) is 0 Å². The molecule has 0 bridgehead atoms. The van der Waals surface area contributed by atoms with E-state index in [1.165, 1.54) is 19.1 Å². The SMILES string of the molecule is COP(=O)(Cc1ccc(NC(=O)CCCCCc2sc(-c3ccccc3)nc2-c2ccc(Cl)cc2)cc1)OC. The van der Waals surface area contributed by atoms with E-state index >= 15 is 0 Å². The Morgan fingerprint density at radius 1 is 0.897 bits per heavy atom. The number of hydrogen-bond donors (Lipinski definition) is 1. The van der Waals surface area contributed by atoms with Crippen LogP contribution in [0.15, 0.2) is 78.9 Å². The monoisotopic (exact) mass is 582 g/mol. The molecule has 6 nitrogen and oxygen atoms in total. The van der Waals surface area contributed by atoms with Crippen LogP contribution < -0.4 is 5.32 Å². The van der Waals surface area contributed by atoms with Crippen LogP contribution in [0.25, 0.3) is 21.8 Å². The van der Waals surface area contributed by atoms with Crippen LogP contribution >= 0.6 is 30.5 Å². The number of carbonyl (C=O) groups is 1. The van der Waals surface area contributed by atoms with Gasteiger partial charge in [-0.15, -0.1) is 11.3 Å². The number of aryl methyl sites for hydroxylation is 1. The van der Waals surface area contributed by atoms with Crippen molar-refractivity contribution in [3.8, 4) is 21.8 Å². The van der Waals surface area contributed by atoms with Crippen LogP contribution in [0.5, 0.6) is 0 Å². The van der Waals surface area contributed by atoms with Gasteiger partial charge in [0, 0.05) is 47.4 Å². The summed E-state index contributed by atoms with van der Waals surface area (Å²) in [6.45, 7) is 0. The molecule has 0 aliphatic carbocycles. The Morgan fingerprint density at radius 3 is 2.26 bits per heavy atom. The Morgan fingerprint density at radius 2 is 1.59 bits per heavy atom. The van der Waals surface area contributed by atoms with Gasteiger partial charge in [-0.25, -0.2) is 4.98 Å². The van der Waals surface area contributed by atoms with Gasteiger partial charge in [0.25, 0.3) is 0 Å². The third kappa shape index (κ3) is 8.34. The first kappa shape index (κ1) is 29.2. The highest BCUT2D eigenvalue weighted by atomic mass is 35.5. The number of nitrogens with zero attached hydrogens (tertiary/aromatic N) is 1. The summed E-state index contributed by atoms with van der Waals surface area (Å²) in [5.41, 5.74) is 4.70. The minimum atomic E-state index is -3.12. The first-order valence-electron chi connectivity index (χ1n) is 12.8. The van der Waals surface area contributed by atoms with Crippen molar-refractivity contribution in [3.05, 3.63) is 94.3 Å². The van der Waals surface area contributed by atoms with E-state index in [4.69, 9.17) is 25.6 Å². The summed E-state index contributed by atoms with van der Waals surface area (Å²) in [7, 11) is -0.379. The van der Waals surface area contributed by atoms with Crippen molar-refractivity contribution in [3.63, 3.8) is 0 Å². The maximum absolute atomic E-state index is 12.5. The number of benzene rings is 3. The second-order valence-corrected chi connectivity index (χ2v) is 12.9. The molecule has 0 fully saturated rings. The lowest BCUT2D eigenvalue weighted by atomic mass is 10.1. The molecule has 1 heterocycles. The first-order valence-corrected chi connectivity index (χ1v) is 15.7. The number of unbranched alkanes of at least 4 members (excludes halogenated alkanes) is 2. The zero-order chi connectivity index (χ0) is 27.7. The van der Waals surface area contributed by atoms with Crippen molar-refractivity contribution in [2.75, 3.05) is 19.5 Å². The molecule has 0 spiro atoms. The molecule has 0 saturated heterocycles. The number of anilines is 1. The number of carbonyl (C=O) groups excluding carboxylic acids is 1. The Kier molecular flexibility index (Phi) is 10.5. The zero-order valence-electron chi connectivity index (χ0n) is 22.1. The molecule has 0 saturated carbocycles. The fraction of sp³-hybridized carbons (Fsp3) is 0.267. The molecule has 0 radical (unpaired) electrons. The van der Waals surface area contributed by atoms with Gasteiger partial charge in [0.15, 0.2) is 0 Å². The minimum Gasteiger partial charge on any atom is -0.326 e.